The van der Waals surface area contributed by atoms with Gasteiger partial charge in [0.1, 0.15) is 0 Å². The molecule has 0 aliphatic rings. The molecule has 0 radical (unpaired) electrons. The second kappa shape index (κ2) is 7.99. The zero-order valence-electron chi connectivity index (χ0n) is 12.2. The second-order valence-electron chi connectivity index (χ2n) is 5.07. The van der Waals surface area contributed by atoms with Gasteiger partial charge in [-0.3, -0.25) is 4.79 Å². The average molecular weight is 346 g/mol. The first kappa shape index (κ1) is 15.8. The van der Waals surface area contributed by atoms with Crippen LogP contribution in [0.4, 0.5) is 0 Å². The number of rotatable bonds is 6. The number of nitrogens with zero attached hydrogens (tertiary/aromatic N) is 1. The van der Waals surface area contributed by atoms with E-state index in [9.17, 15) is 4.79 Å². The SMILES string of the molecule is CC(C(=O)N(CCBr)Cc1ccccc1)c1ccccc1. The quantitative estimate of drug-likeness (QED) is 0.718. The van der Waals surface area contributed by atoms with E-state index in [4.69, 9.17) is 0 Å². The Morgan fingerprint density at radius 2 is 1.62 bits per heavy atom. The number of carbonyl (C=O) groups is 1. The second-order valence-corrected chi connectivity index (χ2v) is 5.86. The van der Waals surface area contributed by atoms with Crippen molar-refractivity contribution in [3.05, 3.63) is 71.8 Å². The van der Waals surface area contributed by atoms with Crippen molar-refractivity contribution in [2.45, 2.75) is 19.4 Å². The van der Waals surface area contributed by atoms with Crippen molar-refractivity contribution in [2.75, 3.05) is 11.9 Å². The topological polar surface area (TPSA) is 20.3 Å². The molecular formula is C18H20BrNO. The summed E-state index contributed by atoms with van der Waals surface area (Å²) in [5.74, 6) is 0.0541. The van der Waals surface area contributed by atoms with Crippen LogP contribution in [0.2, 0.25) is 0 Å². The van der Waals surface area contributed by atoms with Crippen molar-refractivity contribution in [2.24, 2.45) is 0 Å². The van der Waals surface area contributed by atoms with Gasteiger partial charge >= 0.3 is 0 Å². The molecule has 0 bridgehead atoms. The van der Waals surface area contributed by atoms with Crippen LogP contribution in [0, 0.1) is 0 Å². The number of carbonyl (C=O) groups excluding carboxylic acids is 1. The lowest BCUT2D eigenvalue weighted by Gasteiger charge is -2.25. The van der Waals surface area contributed by atoms with E-state index in [-0.39, 0.29) is 11.8 Å². The van der Waals surface area contributed by atoms with Gasteiger partial charge in [0.25, 0.3) is 0 Å². The van der Waals surface area contributed by atoms with Crippen molar-refractivity contribution >= 4 is 21.8 Å². The Bertz CT molecular complexity index is 556. The van der Waals surface area contributed by atoms with Gasteiger partial charge in [-0.2, -0.15) is 0 Å². The monoisotopic (exact) mass is 345 g/mol. The summed E-state index contributed by atoms with van der Waals surface area (Å²) in [6, 6.07) is 20.1. The minimum atomic E-state index is -0.117. The fourth-order valence-electron chi connectivity index (χ4n) is 2.33. The maximum absolute atomic E-state index is 12.7. The molecule has 0 aromatic heterocycles. The minimum Gasteiger partial charge on any atom is -0.337 e. The molecule has 1 unspecified atom stereocenters. The molecule has 2 rings (SSSR count). The van der Waals surface area contributed by atoms with Gasteiger partial charge in [0.2, 0.25) is 5.91 Å². The summed E-state index contributed by atoms with van der Waals surface area (Å²) in [6.45, 7) is 3.34. The molecule has 0 heterocycles. The predicted octanol–water partition coefficient (Wildman–Crippen LogP) is 4.21. The van der Waals surface area contributed by atoms with Crippen LogP contribution in [0.5, 0.6) is 0 Å². The number of amides is 1. The Hall–Kier alpha value is -1.61. The minimum absolute atomic E-state index is 0.117. The zero-order chi connectivity index (χ0) is 15.1. The highest BCUT2D eigenvalue weighted by molar-refractivity contribution is 9.09. The van der Waals surface area contributed by atoms with Crippen LogP contribution in [0.25, 0.3) is 0 Å². The average Bonchev–Trinajstić information content (AvgIpc) is 2.55. The third kappa shape index (κ3) is 4.43. The normalized spacial score (nSPS) is 11.9. The van der Waals surface area contributed by atoms with Crippen molar-refractivity contribution in [1.29, 1.82) is 0 Å². The smallest absolute Gasteiger partial charge is 0.230 e. The van der Waals surface area contributed by atoms with Gasteiger partial charge in [0, 0.05) is 18.4 Å². The van der Waals surface area contributed by atoms with Crippen LogP contribution in [0.3, 0.4) is 0 Å². The molecule has 0 saturated heterocycles. The number of halogens is 1. The molecule has 1 amide bonds. The van der Waals surface area contributed by atoms with E-state index in [1.807, 2.05) is 60.4 Å². The summed E-state index contributed by atoms with van der Waals surface area (Å²) in [5, 5.41) is 0.785. The van der Waals surface area contributed by atoms with Gasteiger partial charge in [0.15, 0.2) is 0 Å². The van der Waals surface area contributed by atoms with Crippen molar-refractivity contribution < 1.29 is 4.79 Å². The molecule has 2 nitrogen and oxygen atoms in total. The van der Waals surface area contributed by atoms with Crippen LogP contribution in [-0.2, 0) is 11.3 Å². The van der Waals surface area contributed by atoms with Crippen LogP contribution >= 0.6 is 15.9 Å². The van der Waals surface area contributed by atoms with E-state index in [1.54, 1.807) is 0 Å². The largest absolute Gasteiger partial charge is 0.337 e. The molecule has 110 valence electrons. The van der Waals surface area contributed by atoms with Gasteiger partial charge in [0.05, 0.1) is 5.92 Å². The van der Waals surface area contributed by atoms with E-state index < -0.39 is 0 Å². The molecule has 3 heteroatoms. The summed E-state index contributed by atoms with van der Waals surface area (Å²) in [5.41, 5.74) is 2.22. The standard InChI is InChI=1S/C18H20BrNO/c1-15(17-10-6-3-7-11-17)18(21)20(13-12-19)14-16-8-4-2-5-9-16/h2-11,15H,12-14H2,1H3. The molecule has 0 fully saturated rings. The third-order valence-corrected chi connectivity index (χ3v) is 3.91. The van der Waals surface area contributed by atoms with Gasteiger partial charge < -0.3 is 4.90 Å². The number of hydrogen-bond donors (Lipinski definition) is 0. The van der Waals surface area contributed by atoms with Gasteiger partial charge in [-0.25, -0.2) is 0 Å². The van der Waals surface area contributed by atoms with Gasteiger partial charge in [-0.15, -0.1) is 0 Å². The molecule has 21 heavy (non-hydrogen) atoms. The Morgan fingerprint density at radius 3 is 2.19 bits per heavy atom. The molecule has 2 aromatic rings. The number of benzene rings is 2. The first-order valence-electron chi connectivity index (χ1n) is 7.16. The lowest BCUT2D eigenvalue weighted by atomic mass is 9.99. The number of alkyl halides is 1. The Kier molecular flexibility index (Phi) is 6.00. The molecular weight excluding hydrogens is 326 g/mol. The van der Waals surface area contributed by atoms with Crippen LogP contribution in [0.15, 0.2) is 60.7 Å². The van der Waals surface area contributed by atoms with E-state index >= 15 is 0 Å². The maximum Gasteiger partial charge on any atom is 0.230 e. The van der Waals surface area contributed by atoms with Crippen molar-refractivity contribution in [3.63, 3.8) is 0 Å². The van der Waals surface area contributed by atoms with E-state index in [0.717, 1.165) is 16.5 Å². The lowest BCUT2D eigenvalue weighted by molar-refractivity contribution is -0.132. The molecule has 1 atom stereocenters. The molecule has 0 saturated carbocycles. The number of hydrogen-bond acceptors (Lipinski definition) is 1. The molecule has 0 aliphatic carbocycles. The van der Waals surface area contributed by atoms with Crippen LogP contribution in [0.1, 0.15) is 24.0 Å². The highest BCUT2D eigenvalue weighted by Gasteiger charge is 2.21. The summed E-state index contributed by atoms with van der Waals surface area (Å²) < 4.78 is 0. The summed E-state index contributed by atoms with van der Waals surface area (Å²) in [6.07, 6.45) is 0. The van der Waals surface area contributed by atoms with Crippen LogP contribution < -0.4 is 0 Å². The fourth-order valence-corrected chi connectivity index (χ4v) is 2.76. The summed E-state index contributed by atoms with van der Waals surface area (Å²) in [4.78, 5) is 14.7. The molecule has 0 N–H and O–H groups in total. The first-order chi connectivity index (χ1) is 10.2. The predicted molar refractivity (Wildman–Crippen MR) is 90.5 cm³/mol. The Morgan fingerprint density at radius 1 is 1.05 bits per heavy atom. The van der Waals surface area contributed by atoms with Crippen molar-refractivity contribution in [3.8, 4) is 0 Å². The summed E-state index contributed by atoms with van der Waals surface area (Å²) >= 11 is 3.44. The molecule has 0 spiro atoms. The Balaban J connectivity index is 2.12. The van der Waals surface area contributed by atoms with Gasteiger partial charge in [-0.05, 0) is 18.1 Å². The highest BCUT2D eigenvalue weighted by Crippen LogP contribution is 2.19. The molecule has 2 aromatic carbocycles. The van der Waals surface area contributed by atoms with E-state index in [0.29, 0.717) is 13.1 Å². The fraction of sp³-hybridized carbons (Fsp3) is 0.278. The maximum atomic E-state index is 12.7. The van der Waals surface area contributed by atoms with E-state index in [1.165, 1.54) is 0 Å². The van der Waals surface area contributed by atoms with Gasteiger partial charge in [-0.1, -0.05) is 76.6 Å². The van der Waals surface area contributed by atoms with Crippen molar-refractivity contribution in [1.82, 2.24) is 4.90 Å². The first-order valence-corrected chi connectivity index (χ1v) is 8.28. The van der Waals surface area contributed by atoms with Crippen LogP contribution in [-0.4, -0.2) is 22.7 Å². The Labute approximate surface area is 134 Å². The van der Waals surface area contributed by atoms with E-state index in [2.05, 4.69) is 28.1 Å². The molecule has 0 aliphatic heterocycles. The highest BCUT2D eigenvalue weighted by atomic mass is 79.9. The lowest BCUT2D eigenvalue weighted by Crippen LogP contribution is -2.35. The third-order valence-electron chi connectivity index (χ3n) is 3.55. The summed E-state index contributed by atoms with van der Waals surface area (Å²) in [7, 11) is 0. The zero-order valence-corrected chi connectivity index (χ0v) is 13.8.